The van der Waals surface area contributed by atoms with E-state index in [2.05, 4.69) is 5.32 Å². The Balaban J connectivity index is 2.42. The summed E-state index contributed by atoms with van der Waals surface area (Å²) in [6.07, 6.45) is -0.394. The molecule has 0 saturated carbocycles. The fraction of sp³-hybridized carbons (Fsp3) is 1.00. The molecule has 0 aromatic carbocycles. The van der Waals surface area contributed by atoms with Crippen LogP contribution >= 0.6 is 0 Å². The SMILES string of the molecule is CNCCC1CCCCN1CC(F)(F)F. The molecule has 5 heteroatoms. The Morgan fingerprint density at radius 1 is 1.33 bits per heavy atom. The van der Waals surface area contributed by atoms with Gasteiger partial charge in [-0.1, -0.05) is 6.42 Å². The predicted octanol–water partition coefficient (Wildman–Crippen LogP) is 2.01. The molecule has 0 bridgehead atoms. The number of likely N-dealkylation sites (tertiary alicyclic amines) is 1. The third-order valence-corrected chi connectivity index (χ3v) is 2.86. The first-order chi connectivity index (χ1) is 7.03. The summed E-state index contributed by atoms with van der Waals surface area (Å²) >= 11 is 0. The van der Waals surface area contributed by atoms with E-state index in [9.17, 15) is 13.2 Å². The molecule has 0 spiro atoms. The molecule has 1 atom stereocenters. The smallest absolute Gasteiger partial charge is 0.320 e. The van der Waals surface area contributed by atoms with Gasteiger partial charge in [-0.05, 0) is 39.4 Å². The van der Waals surface area contributed by atoms with Gasteiger partial charge in [0.15, 0.2) is 0 Å². The molecule has 0 aliphatic carbocycles. The highest BCUT2D eigenvalue weighted by Crippen LogP contribution is 2.24. The van der Waals surface area contributed by atoms with Crippen molar-refractivity contribution in [2.45, 2.75) is 37.9 Å². The Bertz CT molecular complexity index is 182. The molecular formula is C10H19F3N2. The van der Waals surface area contributed by atoms with Gasteiger partial charge in [-0.25, -0.2) is 0 Å². The van der Waals surface area contributed by atoms with Crippen LogP contribution in [0.1, 0.15) is 25.7 Å². The van der Waals surface area contributed by atoms with Crippen LogP contribution in [0.25, 0.3) is 0 Å². The maximum absolute atomic E-state index is 12.3. The maximum Gasteiger partial charge on any atom is 0.401 e. The van der Waals surface area contributed by atoms with Crippen LogP contribution in [0.4, 0.5) is 13.2 Å². The van der Waals surface area contributed by atoms with Gasteiger partial charge >= 0.3 is 6.18 Å². The van der Waals surface area contributed by atoms with Crippen molar-refractivity contribution in [1.29, 1.82) is 0 Å². The van der Waals surface area contributed by atoms with Crippen molar-refractivity contribution in [3.05, 3.63) is 0 Å². The number of hydrogen-bond acceptors (Lipinski definition) is 2. The number of alkyl halides is 3. The Morgan fingerprint density at radius 3 is 2.67 bits per heavy atom. The molecule has 1 rings (SSSR count). The van der Waals surface area contributed by atoms with Crippen LogP contribution in [-0.4, -0.2) is 43.8 Å². The second kappa shape index (κ2) is 5.70. The van der Waals surface area contributed by atoms with E-state index in [1.165, 1.54) is 0 Å². The van der Waals surface area contributed by atoms with E-state index in [0.717, 1.165) is 32.2 Å². The summed E-state index contributed by atoms with van der Waals surface area (Å²) in [6.45, 7) is 0.633. The fourth-order valence-electron chi connectivity index (χ4n) is 2.14. The zero-order valence-electron chi connectivity index (χ0n) is 9.11. The summed E-state index contributed by atoms with van der Waals surface area (Å²) < 4.78 is 36.8. The molecule has 0 radical (unpaired) electrons. The second-order valence-electron chi connectivity index (χ2n) is 4.13. The monoisotopic (exact) mass is 224 g/mol. The normalized spacial score (nSPS) is 24.4. The van der Waals surface area contributed by atoms with Crippen LogP contribution in [0.5, 0.6) is 0 Å². The van der Waals surface area contributed by atoms with Gasteiger partial charge in [0.1, 0.15) is 0 Å². The molecule has 1 aliphatic heterocycles. The summed E-state index contributed by atoms with van der Waals surface area (Å²) in [4.78, 5) is 1.58. The quantitative estimate of drug-likeness (QED) is 0.786. The predicted molar refractivity (Wildman–Crippen MR) is 53.8 cm³/mol. The summed E-state index contributed by atoms with van der Waals surface area (Å²) in [7, 11) is 1.83. The lowest BCUT2D eigenvalue weighted by molar-refractivity contribution is -0.153. The molecule has 0 amide bonds. The van der Waals surface area contributed by atoms with E-state index in [1.54, 1.807) is 4.90 Å². The van der Waals surface area contributed by atoms with Gasteiger partial charge in [-0.2, -0.15) is 13.2 Å². The highest BCUT2D eigenvalue weighted by atomic mass is 19.4. The topological polar surface area (TPSA) is 15.3 Å². The zero-order valence-corrected chi connectivity index (χ0v) is 9.11. The zero-order chi connectivity index (χ0) is 11.3. The number of rotatable bonds is 4. The van der Waals surface area contributed by atoms with Crippen molar-refractivity contribution in [3.8, 4) is 0 Å². The number of nitrogens with zero attached hydrogens (tertiary/aromatic N) is 1. The van der Waals surface area contributed by atoms with Crippen molar-refractivity contribution >= 4 is 0 Å². The minimum absolute atomic E-state index is 0.104. The Hall–Kier alpha value is -0.290. The minimum Gasteiger partial charge on any atom is -0.320 e. The molecule has 1 N–H and O–H groups in total. The Morgan fingerprint density at radius 2 is 2.07 bits per heavy atom. The van der Waals surface area contributed by atoms with E-state index < -0.39 is 12.7 Å². The van der Waals surface area contributed by atoms with Gasteiger partial charge in [0, 0.05) is 6.04 Å². The van der Waals surface area contributed by atoms with Crippen LogP contribution in [0, 0.1) is 0 Å². The molecule has 90 valence electrons. The van der Waals surface area contributed by atoms with E-state index in [0.29, 0.717) is 6.54 Å². The minimum atomic E-state index is -4.06. The van der Waals surface area contributed by atoms with Crippen molar-refractivity contribution in [1.82, 2.24) is 10.2 Å². The van der Waals surface area contributed by atoms with Crippen molar-refractivity contribution in [2.75, 3.05) is 26.7 Å². The first kappa shape index (κ1) is 12.8. The number of nitrogens with one attached hydrogen (secondary N) is 1. The van der Waals surface area contributed by atoms with Crippen LogP contribution in [-0.2, 0) is 0 Å². The summed E-state index contributed by atoms with van der Waals surface area (Å²) in [5.41, 5.74) is 0. The van der Waals surface area contributed by atoms with E-state index in [-0.39, 0.29) is 6.04 Å². The van der Waals surface area contributed by atoms with Crippen LogP contribution in [0.2, 0.25) is 0 Å². The average molecular weight is 224 g/mol. The van der Waals surface area contributed by atoms with Crippen LogP contribution in [0.3, 0.4) is 0 Å². The standard InChI is InChI=1S/C10H19F3N2/c1-14-6-5-9-4-2-3-7-15(9)8-10(11,12)13/h9,14H,2-8H2,1H3. The van der Waals surface area contributed by atoms with E-state index >= 15 is 0 Å². The molecule has 0 aromatic rings. The summed E-state index contributed by atoms with van der Waals surface area (Å²) in [5, 5.41) is 2.99. The molecule has 1 saturated heterocycles. The van der Waals surface area contributed by atoms with Gasteiger partial charge < -0.3 is 5.32 Å². The molecule has 0 aromatic heterocycles. The van der Waals surface area contributed by atoms with Crippen molar-refractivity contribution in [2.24, 2.45) is 0 Å². The second-order valence-corrected chi connectivity index (χ2v) is 4.13. The third kappa shape index (κ3) is 4.84. The lowest BCUT2D eigenvalue weighted by atomic mass is 9.99. The van der Waals surface area contributed by atoms with Crippen LogP contribution < -0.4 is 5.32 Å². The molecule has 2 nitrogen and oxygen atoms in total. The Kier molecular flexibility index (Phi) is 4.86. The third-order valence-electron chi connectivity index (χ3n) is 2.86. The van der Waals surface area contributed by atoms with Gasteiger partial charge in [-0.3, -0.25) is 4.90 Å². The van der Waals surface area contributed by atoms with Crippen molar-refractivity contribution in [3.63, 3.8) is 0 Å². The van der Waals surface area contributed by atoms with E-state index in [4.69, 9.17) is 0 Å². The van der Waals surface area contributed by atoms with Gasteiger partial charge in [0.2, 0.25) is 0 Å². The number of halogens is 3. The van der Waals surface area contributed by atoms with E-state index in [1.807, 2.05) is 7.05 Å². The highest BCUT2D eigenvalue weighted by molar-refractivity contribution is 4.79. The average Bonchev–Trinajstić information content (AvgIpc) is 2.14. The first-order valence-corrected chi connectivity index (χ1v) is 5.48. The molecular weight excluding hydrogens is 205 g/mol. The molecule has 1 aliphatic rings. The molecule has 15 heavy (non-hydrogen) atoms. The van der Waals surface area contributed by atoms with Gasteiger partial charge in [0.25, 0.3) is 0 Å². The maximum atomic E-state index is 12.3. The summed E-state index contributed by atoms with van der Waals surface area (Å²) in [6, 6.07) is 0.104. The molecule has 1 unspecified atom stereocenters. The fourth-order valence-corrected chi connectivity index (χ4v) is 2.14. The van der Waals surface area contributed by atoms with Crippen LogP contribution in [0.15, 0.2) is 0 Å². The van der Waals surface area contributed by atoms with Crippen molar-refractivity contribution < 1.29 is 13.2 Å². The summed E-state index contributed by atoms with van der Waals surface area (Å²) in [5.74, 6) is 0. The number of piperidine rings is 1. The lowest BCUT2D eigenvalue weighted by Gasteiger charge is -2.36. The van der Waals surface area contributed by atoms with Gasteiger partial charge in [-0.15, -0.1) is 0 Å². The number of hydrogen-bond donors (Lipinski definition) is 1. The molecule has 1 heterocycles. The highest BCUT2D eigenvalue weighted by Gasteiger charge is 2.34. The lowest BCUT2D eigenvalue weighted by Crippen LogP contribution is -2.45. The molecule has 1 fully saturated rings. The van der Waals surface area contributed by atoms with Gasteiger partial charge in [0.05, 0.1) is 6.54 Å². The Labute approximate surface area is 88.8 Å². The largest absolute Gasteiger partial charge is 0.401 e. The first-order valence-electron chi connectivity index (χ1n) is 5.48.